The van der Waals surface area contributed by atoms with Crippen LogP contribution in [0.3, 0.4) is 0 Å². The molecule has 1 N–H and O–H groups in total. The van der Waals surface area contributed by atoms with Gasteiger partial charge in [0.05, 0.1) is 0 Å². The zero-order chi connectivity index (χ0) is 13.3. The van der Waals surface area contributed by atoms with Crippen molar-refractivity contribution >= 4 is 11.3 Å². The molecule has 106 valence electrons. The molecule has 3 rings (SSSR count). The van der Waals surface area contributed by atoms with Gasteiger partial charge >= 0.3 is 0 Å². The van der Waals surface area contributed by atoms with E-state index in [1.165, 1.54) is 43.5 Å². The van der Waals surface area contributed by atoms with E-state index in [4.69, 9.17) is 0 Å². The zero-order valence-electron chi connectivity index (χ0n) is 12.2. The first-order chi connectivity index (χ1) is 9.16. The van der Waals surface area contributed by atoms with Gasteiger partial charge in [0.25, 0.3) is 0 Å². The lowest BCUT2D eigenvalue weighted by Crippen LogP contribution is -2.67. The number of rotatable bonds is 3. The summed E-state index contributed by atoms with van der Waals surface area (Å²) in [6, 6.07) is 4.46. The van der Waals surface area contributed by atoms with Crippen LogP contribution in [0.15, 0.2) is 17.5 Å². The predicted molar refractivity (Wildman–Crippen MR) is 82.6 cm³/mol. The fourth-order valence-corrected chi connectivity index (χ4v) is 4.39. The third kappa shape index (κ3) is 2.61. The number of hydrogen-bond acceptors (Lipinski definition) is 3. The number of nitrogens with zero attached hydrogens (tertiary/aromatic N) is 1. The van der Waals surface area contributed by atoms with Gasteiger partial charge in [-0.25, -0.2) is 0 Å². The Morgan fingerprint density at radius 2 is 2.16 bits per heavy atom. The quantitative estimate of drug-likeness (QED) is 0.908. The highest BCUT2D eigenvalue weighted by Crippen LogP contribution is 2.37. The Balaban J connectivity index is 1.78. The highest BCUT2D eigenvalue weighted by Gasteiger charge is 2.45. The normalized spacial score (nSPS) is 31.1. The molecular formula is C16H26N2S. The zero-order valence-corrected chi connectivity index (χ0v) is 13.1. The molecule has 1 aromatic rings. The largest absolute Gasteiger partial charge is 0.308 e. The van der Waals surface area contributed by atoms with Crippen LogP contribution in [0.25, 0.3) is 0 Å². The van der Waals surface area contributed by atoms with Crippen molar-refractivity contribution in [3.63, 3.8) is 0 Å². The van der Waals surface area contributed by atoms with Gasteiger partial charge in [0.2, 0.25) is 0 Å². The first-order valence-corrected chi connectivity index (χ1v) is 8.56. The smallest absolute Gasteiger partial charge is 0.0334 e. The van der Waals surface area contributed by atoms with E-state index in [2.05, 4.69) is 41.6 Å². The molecule has 19 heavy (non-hydrogen) atoms. The Bertz CT molecular complexity index is 408. The maximum absolute atomic E-state index is 3.91. The summed E-state index contributed by atoms with van der Waals surface area (Å²) in [6.07, 6.45) is 6.77. The standard InChI is InChI=1S/C16H26N2S/c1-3-15(2)12-17-16(8-4-5-9-16)13-18(15)11-14-7-6-10-19-14/h6-7,10,17H,3-5,8-9,11-13H2,1-2H3. The summed E-state index contributed by atoms with van der Waals surface area (Å²) in [5.74, 6) is 0. The van der Waals surface area contributed by atoms with E-state index in [0.29, 0.717) is 11.1 Å². The van der Waals surface area contributed by atoms with Gasteiger partial charge in [-0.05, 0) is 37.6 Å². The van der Waals surface area contributed by atoms with Crippen molar-refractivity contribution < 1.29 is 0 Å². The van der Waals surface area contributed by atoms with Gasteiger partial charge in [0.15, 0.2) is 0 Å². The van der Waals surface area contributed by atoms with Crippen molar-refractivity contribution in [2.45, 2.75) is 63.6 Å². The topological polar surface area (TPSA) is 15.3 Å². The fraction of sp³-hybridized carbons (Fsp3) is 0.750. The van der Waals surface area contributed by atoms with Crippen LogP contribution in [0.2, 0.25) is 0 Å². The van der Waals surface area contributed by atoms with Crippen molar-refractivity contribution in [3.8, 4) is 0 Å². The van der Waals surface area contributed by atoms with Gasteiger partial charge in [-0.1, -0.05) is 25.8 Å². The second kappa shape index (κ2) is 5.19. The molecule has 1 saturated carbocycles. The van der Waals surface area contributed by atoms with Crippen LogP contribution >= 0.6 is 11.3 Å². The second-order valence-corrected chi connectivity index (χ2v) is 7.66. The molecule has 3 heteroatoms. The molecule has 2 aliphatic rings. The van der Waals surface area contributed by atoms with Crippen LogP contribution in [0, 0.1) is 0 Å². The summed E-state index contributed by atoms with van der Waals surface area (Å²) in [5, 5.41) is 6.11. The van der Waals surface area contributed by atoms with E-state index < -0.39 is 0 Å². The second-order valence-electron chi connectivity index (χ2n) is 6.63. The van der Waals surface area contributed by atoms with Crippen molar-refractivity contribution in [1.82, 2.24) is 10.2 Å². The molecule has 1 aromatic heterocycles. The van der Waals surface area contributed by atoms with Gasteiger partial charge in [-0.2, -0.15) is 0 Å². The molecule has 1 atom stereocenters. The van der Waals surface area contributed by atoms with E-state index in [1.54, 1.807) is 0 Å². The van der Waals surface area contributed by atoms with Gasteiger partial charge in [0, 0.05) is 35.6 Å². The molecule has 0 radical (unpaired) electrons. The average Bonchev–Trinajstić information content (AvgIpc) is 3.07. The Hall–Kier alpha value is -0.380. The molecule has 1 saturated heterocycles. The number of hydrogen-bond donors (Lipinski definition) is 1. The fourth-order valence-electron chi connectivity index (χ4n) is 3.67. The maximum Gasteiger partial charge on any atom is 0.0334 e. The molecule has 1 aliphatic carbocycles. The SMILES string of the molecule is CCC1(C)CNC2(CCCC2)CN1Cc1cccs1. The van der Waals surface area contributed by atoms with Gasteiger partial charge in [-0.3, -0.25) is 4.90 Å². The van der Waals surface area contributed by atoms with Crippen LogP contribution in [-0.2, 0) is 6.54 Å². The first kappa shape index (κ1) is 13.6. The minimum Gasteiger partial charge on any atom is -0.308 e. The molecular weight excluding hydrogens is 252 g/mol. The first-order valence-electron chi connectivity index (χ1n) is 7.68. The summed E-state index contributed by atoms with van der Waals surface area (Å²) in [5.41, 5.74) is 0.740. The van der Waals surface area contributed by atoms with Crippen molar-refractivity contribution in [3.05, 3.63) is 22.4 Å². The van der Waals surface area contributed by atoms with Crippen LogP contribution in [0.4, 0.5) is 0 Å². The lowest BCUT2D eigenvalue weighted by Gasteiger charge is -2.52. The highest BCUT2D eigenvalue weighted by molar-refractivity contribution is 7.09. The third-order valence-electron chi connectivity index (χ3n) is 5.35. The summed E-state index contributed by atoms with van der Waals surface area (Å²) in [6.45, 7) is 8.26. The van der Waals surface area contributed by atoms with E-state index in [9.17, 15) is 0 Å². The van der Waals surface area contributed by atoms with Crippen LogP contribution in [0.5, 0.6) is 0 Å². The Morgan fingerprint density at radius 1 is 1.37 bits per heavy atom. The van der Waals surface area contributed by atoms with Gasteiger partial charge in [0.1, 0.15) is 0 Å². The van der Waals surface area contributed by atoms with Gasteiger partial charge in [-0.15, -0.1) is 11.3 Å². The van der Waals surface area contributed by atoms with Crippen molar-refractivity contribution in [2.24, 2.45) is 0 Å². The lowest BCUT2D eigenvalue weighted by molar-refractivity contribution is 0.00852. The average molecular weight is 278 g/mol. The molecule has 0 aromatic carbocycles. The minimum atomic E-state index is 0.317. The highest BCUT2D eigenvalue weighted by atomic mass is 32.1. The number of piperazine rings is 1. The van der Waals surface area contributed by atoms with Crippen LogP contribution in [0.1, 0.15) is 50.8 Å². The predicted octanol–water partition coefficient (Wildman–Crippen LogP) is 3.63. The number of thiophene rings is 1. The van der Waals surface area contributed by atoms with Crippen LogP contribution < -0.4 is 5.32 Å². The monoisotopic (exact) mass is 278 g/mol. The van der Waals surface area contributed by atoms with E-state index in [1.807, 2.05) is 11.3 Å². The van der Waals surface area contributed by atoms with Gasteiger partial charge < -0.3 is 5.32 Å². The molecule has 0 bridgehead atoms. The summed E-state index contributed by atoms with van der Waals surface area (Å²) in [4.78, 5) is 4.26. The minimum absolute atomic E-state index is 0.317. The maximum atomic E-state index is 3.91. The van der Waals surface area contributed by atoms with Crippen molar-refractivity contribution in [1.29, 1.82) is 0 Å². The van der Waals surface area contributed by atoms with E-state index in [0.717, 1.165) is 13.1 Å². The molecule has 0 amide bonds. The van der Waals surface area contributed by atoms with E-state index >= 15 is 0 Å². The molecule has 1 spiro atoms. The van der Waals surface area contributed by atoms with E-state index in [-0.39, 0.29) is 0 Å². The lowest BCUT2D eigenvalue weighted by atomic mass is 9.85. The Morgan fingerprint density at radius 3 is 2.79 bits per heavy atom. The Kier molecular flexibility index (Phi) is 3.71. The third-order valence-corrected chi connectivity index (χ3v) is 6.21. The van der Waals surface area contributed by atoms with Crippen molar-refractivity contribution in [2.75, 3.05) is 13.1 Å². The molecule has 2 fully saturated rings. The molecule has 2 heterocycles. The summed E-state index contributed by atoms with van der Waals surface area (Å²) < 4.78 is 0. The molecule has 1 unspecified atom stereocenters. The number of nitrogens with one attached hydrogen (secondary N) is 1. The molecule has 1 aliphatic heterocycles. The summed E-state index contributed by atoms with van der Waals surface area (Å²) in [7, 11) is 0. The molecule has 2 nitrogen and oxygen atoms in total. The Labute approximate surface area is 121 Å². The van der Waals surface area contributed by atoms with Crippen LogP contribution in [-0.4, -0.2) is 29.1 Å². The summed E-state index contributed by atoms with van der Waals surface area (Å²) >= 11 is 1.90.